The maximum absolute atomic E-state index is 13.0. The number of hydrogen-bond acceptors (Lipinski definition) is 3. The van der Waals surface area contributed by atoms with Gasteiger partial charge in [-0.1, -0.05) is 12.1 Å². The number of aliphatic hydroxyl groups is 1. The van der Waals surface area contributed by atoms with Crippen molar-refractivity contribution >= 4 is 16.2 Å². The number of fused-ring (bicyclic) bond motifs is 1. The number of aliphatic hydroxyl groups excluding tert-OH is 1. The molecule has 1 unspecified atom stereocenters. The zero-order valence-corrected chi connectivity index (χ0v) is 11.5. The second-order valence-electron chi connectivity index (χ2n) is 5.18. The van der Waals surface area contributed by atoms with Crippen molar-refractivity contribution in [1.82, 2.24) is 9.38 Å². The van der Waals surface area contributed by atoms with Gasteiger partial charge in [0.25, 0.3) is 0 Å². The van der Waals surface area contributed by atoms with E-state index in [2.05, 4.69) is 4.98 Å². The van der Waals surface area contributed by atoms with Crippen LogP contribution in [-0.4, -0.2) is 14.5 Å². The molecule has 102 valence electrons. The van der Waals surface area contributed by atoms with E-state index in [1.165, 1.54) is 29.9 Å². The summed E-state index contributed by atoms with van der Waals surface area (Å²) in [6, 6.07) is 6.04. The molecule has 5 heteroatoms. The molecule has 0 saturated heterocycles. The minimum atomic E-state index is -0.742. The van der Waals surface area contributed by atoms with Crippen molar-refractivity contribution in [2.75, 3.05) is 0 Å². The van der Waals surface area contributed by atoms with Gasteiger partial charge < -0.3 is 5.11 Å². The van der Waals surface area contributed by atoms with Gasteiger partial charge in [0.2, 0.25) is 0 Å². The highest BCUT2D eigenvalue weighted by molar-refractivity contribution is 7.17. The lowest BCUT2D eigenvalue weighted by atomic mass is 10.0. The highest BCUT2D eigenvalue weighted by Gasteiger charge is 2.32. The standard InChI is InChI=1S/C15H13FN2OS/c16-11-5-3-9(4-6-11)14(19)13-15(10-1-2-10)20-12-7-17-8-18(12)13/h3-8,10,14,19H,1-2H2. The summed E-state index contributed by atoms with van der Waals surface area (Å²) in [5, 5.41) is 10.7. The Morgan fingerprint density at radius 2 is 2.05 bits per heavy atom. The van der Waals surface area contributed by atoms with E-state index in [1.54, 1.807) is 29.8 Å². The fraction of sp³-hybridized carbons (Fsp3) is 0.267. The van der Waals surface area contributed by atoms with Gasteiger partial charge >= 0.3 is 0 Å². The van der Waals surface area contributed by atoms with Crippen LogP contribution in [0.1, 0.15) is 41.0 Å². The first kappa shape index (κ1) is 12.1. The topological polar surface area (TPSA) is 37.5 Å². The van der Waals surface area contributed by atoms with Crippen molar-refractivity contribution in [3.63, 3.8) is 0 Å². The van der Waals surface area contributed by atoms with Crippen molar-refractivity contribution in [3.05, 3.63) is 58.7 Å². The highest BCUT2D eigenvalue weighted by atomic mass is 32.1. The highest BCUT2D eigenvalue weighted by Crippen LogP contribution is 2.47. The van der Waals surface area contributed by atoms with Crippen LogP contribution < -0.4 is 0 Å². The molecule has 1 N–H and O–H groups in total. The maximum Gasteiger partial charge on any atom is 0.123 e. The van der Waals surface area contributed by atoms with E-state index in [0.29, 0.717) is 11.5 Å². The van der Waals surface area contributed by atoms with Gasteiger partial charge in [0.1, 0.15) is 23.1 Å². The Balaban J connectivity index is 1.85. The largest absolute Gasteiger partial charge is 0.382 e. The van der Waals surface area contributed by atoms with Crippen molar-refractivity contribution < 1.29 is 9.50 Å². The van der Waals surface area contributed by atoms with E-state index in [0.717, 1.165) is 10.5 Å². The number of nitrogens with zero attached hydrogens (tertiary/aromatic N) is 2. The molecule has 3 nitrogen and oxygen atoms in total. The molecule has 1 aliphatic rings. The first-order valence-electron chi connectivity index (χ1n) is 6.62. The molecule has 1 aromatic carbocycles. The lowest BCUT2D eigenvalue weighted by Crippen LogP contribution is -2.05. The van der Waals surface area contributed by atoms with Crippen LogP contribution in [0, 0.1) is 5.82 Å². The van der Waals surface area contributed by atoms with E-state index >= 15 is 0 Å². The molecule has 1 atom stereocenters. The van der Waals surface area contributed by atoms with Gasteiger partial charge in [-0.3, -0.25) is 4.40 Å². The average molecular weight is 288 g/mol. The third-order valence-corrected chi connectivity index (χ3v) is 5.00. The molecular weight excluding hydrogens is 275 g/mol. The number of halogens is 1. The monoisotopic (exact) mass is 288 g/mol. The van der Waals surface area contributed by atoms with E-state index < -0.39 is 6.10 Å². The van der Waals surface area contributed by atoms with Gasteiger partial charge in [-0.2, -0.15) is 0 Å². The average Bonchev–Trinajstić information content (AvgIpc) is 3.08. The number of rotatable bonds is 3. The van der Waals surface area contributed by atoms with E-state index in [9.17, 15) is 9.50 Å². The first-order valence-corrected chi connectivity index (χ1v) is 7.44. The van der Waals surface area contributed by atoms with Gasteiger partial charge in [-0.15, -0.1) is 11.3 Å². The fourth-order valence-corrected chi connectivity index (χ4v) is 3.83. The molecule has 1 saturated carbocycles. The molecule has 4 rings (SSSR count). The Bertz CT molecular complexity index is 758. The zero-order valence-electron chi connectivity index (χ0n) is 10.7. The lowest BCUT2D eigenvalue weighted by molar-refractivity contribution is 0.213. The lowest BCUT2D eigenvalue weighted by Gasteiger charge is -2.13. The maximum atomic E-state index is 13.0. The van der Waals surface area contributed by atoms with E-state index in [1.807, 2.05) is 10.6 Å². The molecule has 2 aromatic heterocycles. The van der Waals surface area contributed by atoms with Crippen LogP contribution in [0.25, 0.3) is 4.83 Å². The third kappa shape index (κ3) is 1.85. The van der Waals surface area contributed by atoms with Crippen LogP contribution in [0.3, 0.4) is 0 Å². The number of hydrogen-bond donors (Lipinski definition) is 1. The van der Waals surface area contributed by atoms with Crippen LogP contribution in [0.5, 0.6) is 0 Å². The number of benzene rings is 1. The second-order valence-corrected chi connectivity index (χ2v) is 6.24. The molecular formula is C15H13FN2OS. The quantitative estimate of drug-likeness (QED) is 0.801. The van der Waals surface area contributed by atoms with Crippen molar-refractivity contribution in [2.45, 2.75) is 24.9 Å². The molecule has 2 heterocycles. The molecule has 20 heavy (non-hydrogen) atoms. The van der Waals surface area contributed by atoms with E-state index in [-0.39, 0.29) is 5.82 Å². The summed E-state index contributed by atoms with van der Waals surface area (Å²) in [6.07, 6.45) is 5.17. The Morgan fingerprint density at radius 3 is 2.75 bits per heavy atom. The molecule has 0 aliphatic heterocycles. The fourth-order valence-electron chi connectivity index (χ4n) is 2.53. The van der Waals surface area contributed by atoms with Crippen LogP contribution >= 0.6 is 11.3 Å². The molecule has 0 bridgehead atoms. The summed E-state index contributed by atoms with van der Waals surface area (Å²) < 4.78 is 15.0. The summed E-state index contributed by atoms with van der Waals surface area (Å²) in [7, 11) is 0. The smallest absolute Gasteiger partial charge is 0.123 e. The van der Waals surface area contributed by atoms with Crippen LogP contribution in [0.15, 0.2) is 36.8 Å². The summed E-state index contributed by atoms with van der Waals surface area (Å²) in [6.45, 7) is 0. The van der Waals surface area contributed by atoms with Crippen molar-refractivity contribution in [3.8, 4) is 0 Å². The van der Waals surface area contributed by atoms with Gasteiger partial charge in [-0.05, 0) is 36.5 Å². The van der Waals surface area contributed by atoms with Gasteiger partial charge in [0.05, 0.1) is 11.9 Å². The summed E-state index contributed by atoms with van der Waals surface area (Å²) in [4.78, 5) is 6.42. The number of imidazole rings is 1. The third-order valence-electron chi connectivity index (χ3n) is 3.72. The number of thiazole rings is 1. The predicted octanol–water partition coefficient (Wildman–Crippen LogP) is 3.49. The molecule has 1 aliphatic carbocycles. The Morgan fingerprint density at radius 1 is 1.30 bits per heavy atom. The van der Waals surface area contributed by atoms with E-state index in [4.69, 9.17) is 0 Å². The van der Waals surface area contributed by atoms with Gasteiger partial charge in [0, 0.05) is 4.88 Å². The first-order chi connectivity index (χ1) is 9.74. The number of aromatic nitrogens is 2. The van der Waals surface area contributed by atoms with Crippen molar-refractivity contribution in [2.24, 2.45) is 0 Å². The summed E-state index contributed by atoms with van der Waals surface area (Å²) in [5.74, 6) is 0.270. The van der Waals surface area contributed by atoms with Crippen LogP contribution in [-0.2, 0) is 0 Å². The summed E-state index contributed by atoms with van der Waals surface area (Å²) in [5.41, 5.74) is 1.60. The minimum absolute atomic E-state index is 0.290. The normalized spacial score (nSPS) is 16.7. The molecule has 0 amide bonds. The summed E-state index contributed by atoms with van der Waals surface area (Å²) >= 11 is 1.69. The van der Waals surface area contributed by atoms with Crippen molar-refractivity contribution in [1.29, 1.82) is 0 Å². The minimum Gasteiger partial charge on any atom is -0.382 e. The zero-order chi connectivity index (χ0) is 13.7. The molecule has 3 aromatic rings. The van der Waals surface area contributed by atoms with Crippen LogP contribution in [0.4, 0.5) is 4.39 Å². The SMILES string of the molecule is OC(c1ccc(F)cc1)c1c(C2CC2)sc2cncn12. The molecule has 1 fully saturated rings. The Hall–Kier alpha value is -1.72. The van der Waals surface area contributed by atoms with Gasteiger partial charge in [-0.25, -0.2) is 9.37 Å². The Labute approximate surface area is 119 Å². The van der Waals surface area contributed by atoms with Crippen LogP contribution in [0.2, 0.25) is 0 Å². The molecule has 0 radical (unpaired) electrons. The second kappa shape index (κ2) is 4.40. The Kier molecular flexibility index (Phi) is 2.65. The predicted molar refractivity (Wildman–Crippen MR) is 75.5 cm³/mol. The molecule has 0 spiro atoms. The van der Waals surface area contributed by atoms with Gasteiger partial charge in [0.15, 0.2) is 0 Å².